The maximum atomic E-state index is 11.6. The summed E-state index contributed by atoms with van der Waals surface area (Å²) in [5, 5.41) is 75.6. The van der Waals surface area contributed by atoms with Gasteiger partial charge in [0.25, 0.3) is 0 Å². The highest BCUT2D eigenvalue weighted by atomic mass is 16.9. The maximum Gasteiger partial charge on any atom is 0.517 e. The Morgan fingerprint density at radius 1 is 0.833 bits per heavy atom. The summed E-state index contributed by atoms with van der Waals surface area (Å²) in [6.45, 7) is -1.65. The largest absolute Gasteiger partial charge is 0.517 e. The van der Waals surface area contributed by atoms with Crippen LogP contribution >= 0.6 is 0 Å². The summed E-state index contributed by atoms with van der Waals surface area (Å²) < 4.78 is 17.7. The molecule has 2 aliphatic rings. The summed E-state index contributed by atoms with van der Waals surface area (Å²) >= 11 is 0. The average molecular weight is 358 g/mol. The fourth-order valence-electron chi connectivity index (χ4n) is 2.27. The van der Waals surface area contributed by atoms with Crippen LogP contribution in [0.5, 0.6) is 0 Å². The second-order valence-electron chi connectivity index (χ2n) is 5.26. The Kier molecular flexibility index (Phi) is 5.31. The molecule has 0 amide bonds. The minimum absolute atomic E-state index is 0.824. The van der Waals surface area contributed by atoms with Crippen molar-refractivity contribution in [1.29, 1.82) is 0 Å². The van der Waals surface area contributed by atoms with E-state index in [1.165, 1.54) is 0 Å². The second-order valence-corrected chi connectivity index (χ2v) is 5.26. The number of hydrogen-bond acceptors (Lipinski definition) is 13. The zero-order valence-corrected chi connectivity index (χ0v) is 12.0. The molecule has 0 aromatic heterocycles. The van der Waals surface area contributed by atoms with Crippen LogP contribution in [-0.4, -0.2) is 109 Å². The van der Waals surface area contributed by atoms with Gasteiger partial charge in [-0.05, 0) is 0 Å². The van der Waals surface area contributed by atoms with Crippen molar-refractivity contribution in [2.24, 2.45) is 0 Å². The molecule has 0 bridgehead atoms. The minimum Gasteiger partial charge on any atom is -0.394 e. The number of carbonyl (C=O) groups is 1. The standard InChI is InChI=1S/C11H18O13/c12-1-3-5(14)7(16)10(19,21-3)23-9(18)24-11(20)8(17)6(15)4(2-13)22-11/h3-8,12-17,19-20H,1-2H2/t3-,4-,5-,6-,7-,8-,10+,11+/m1/s1. The van der Waals surface area contributed by atoms with Gasteiger partial charge in [-0.25, -0.2) is 4.79 Å². The third-order valence-electron chi connectivity index (χ3n) is 3.62. The van der Waals surface area contributed by atoms with E-state index >= 15 is 0 Å². The van der Waals surface area contributed by atoms with Crippen LogP contribution in [0.2, 0.25) is 0 Å². The topological polar surface area (TPSA) is 216 Å². The molecule has 2 heterocycles. The zero-order valence-electron chi connectivity index (χ0n) is 12.0. The van der Waals surface area contributed by atoms with E-state index in [1.807, 2.05) is 0 Å². The lowest BCUT2D eigenvalue weighted by molar-refractivity contribution is -0.388. The van der Waals surface area contributed by atoms with Crippen LogP contribution < -0.4 is 0 Å². The summed E-state index contributed by atoms with van der Waals surface area (Å²) in [6, 6.07) is 0. The Bertz CT molecular complexity index is 433. The van der Waals surface area contributed by atoms with E-state index in [0.717, 1.165) is 0 Å². The van der Waals surface area contributed by atoms with E-state index in [1.54, 1.807) is 0 Å². The molecule has 2 fully saturated rings. The van der Waals surface area contributed by atoms with Crippen LogP contribution in [0.4, 0.5) is 4.79 Å². The summed E-state index contributed by atoms with van der Waals surface area (Å²) in [5.74, 6) is -6.22. The van der Waals surface area contributed by atoms with Crippen LogP contribution in [0, 0.1) is 0 Å². The molecule has 13 heteroatoms. The number of hydrogen-bond donors (Lipinski definition) is 8. The molecule has 8 atom stereocenters. The van der Waals surface area contributed by atoms with Gasteiger partial charge >= 0.3 is 18.1 Å². The highest BCUT2D eigenvalue weighted by molar-refractivity contribution is 5.61. The third-order valence-corrected chi connectivity index (χ3v) is 3.62. The summed E-state index contributed by atoms with van der Waals surface area (Å²) in [4.78, 5) is 11.6. The second kappa shape index (κ2) is 6.64. The first-order valence-corrected chi connectivity index (χ1v) is 6.74. The molecule has 0 spiro atoms. The Balaban J connectivity index is 2.03. The Hall–Kier alpha value is -1.13. The van der Waals surface area contributed by atoms with E-state index in [4.69, 9.17) is 10.2 Å². The number of carbonyl (C=O) groups excluding carboxylic acids is 1. The van der Waals surface area contributed by atoms with Crippen molar-refractivity contribution in [1.82, 2.24) is 0 Å². The maximum absolute atomic E-state index is 11.6. The molecule has 0 aromatic carbocycles. The van der Waals surface area contributed by atoms with Crippen molar-refractivity contribution >= 4 is 6.16 Å². The average Bonchev–Trinajstić information content (AvgIpc) is 2.87. The van der Waals surface area contributed by atoms with Crippen molar-refractivity contribution in [2.75, 3.05) is 13.2 Å². The number of aliphatic hydroxyl groups is 8. The zero-order chi connectivity index (χ0) is 18.3. The molecule has 24 heavy (non-hydrogen) atoms. The first-order valence-electron chi connectivity index (χ1n) is 6.74. The van der Waals surface area contributed by atoms with Crippen molar-refractivity contribution < 1.29 is 64.6 Å². The van der Waals surface area contributed by atoms with Gasteiger partial charge in [-0.15, -0.1) is 0 Å². The fourth-order valence-corrected chi connectivity index (χ4v) is 2.27. The summed E-state index contributed by atoms with van der Waals surface area (Å²) in [7, 11) is 0. The van der Waals surface area contributed by atoms with Gasteiger partial charge < -0.3 is 59.8 Å². The monoisotopic (exact) mass is 358 g/mol. The predicted octanol–water partition coefficient (Wildman–Crippen LogP) is -5.34. The molecule has 2 aliphatic heterocycles. The third kappa shape index (κ3) is 3.18. The lowest BCUT2D eigenvalue weighted by Crippen LogP contribution is -2.51. The molecule has 0 saturated carbocycles. The molecule has 8 N–H and O–H groups in total. The molecule has 2 saturated heterocycles. The van der Waals surface area contributed by atoms with Crippen LogP contribution in [0.3, 0.4) is 0 Å². The van der Waals surface area contributed by atoms with Crippen LogP contribution in [0.15, 0.2) is 0 Å². The first kappa shape index (κ1) is 19.2. The van der Waals surface area contributed by atoms with Gasteiger partial charge in [0.15, 0.2) is 12.2 Å². The fraction of sp³-hybridized carbons (Fsp3) is 0.909. The summed E-state index contributed by atoms with van der Waals surface area (Å²) in [6.07, 6.45) is -12.8. The molecule has 0 radical (unpaired) electrons. The predicted molar refractivity (Wildman–Crippen MR) is 65.4 cm³/mol. The Morgan fingerprint density at radius 3 is 1.42 bits per heavy atom. The normalized spacial score (nSPS) is 48.5. The molecule has 140 valence electrons. The summed E-state index contributed by atoms with van der Waals surface area (Å²) in [5.41, 5.74) is 0. The van der Waals surface area contributed by atoms with Gasteiger partial charge in [-0.1, -0.05) is 0 Å². The van der Waals surface area contributed by atoms with E-state index in [9.17, 15) is 35.4 Å². The minimum atomic E-state index is -3.11. The van der Waals surface area contributed by atoms with Crippen LogP contribution in [0.25, 0.3) is 0 Å². The Morgan fingerprint density at radius 2 is 1.17 bits per heavy atom. The lowest BCUT2D eigenvalue weighted by atomic mass is 10.1. The first-order chi connectivity index (χ1) is 11.1. The van der Waals surface area contributed by atoms with Crippen molar-refractivity contribution in [3.8, 4) is 0 Å². The van der Waals surface area contributed by atoms with E-state index in [0.29, 0.717) is 0 Å². The van der Waals surface area contributed by atoms with Gasteiger partial charge in [-0.3, -0.25) is 0 Å². The lowest BCUT2D eigenvalue weighted by Gasteiger charge is -2.28. The highest BCUT2D eigenvalue weighted by Crippen LogP contribution is 2.33. The Labute approximate surface area is 133 Å². The quantitative estimate of drug-likeness (QED) is 0.174. The van der Waals surface area contributed by atoms with Gasteiger partial charge in [0.05, 0.1) is 13.2 Å². The number of aliphatic hydroxyl groups excluding tert-OH is 6. The van der Waals surface area contributed by atoms with Gasteiger partial charge in [0.1, 0.15) is 24.4 Å². The van der Waals surface area contributed by atoms with Crippen molar-refractivity contribution in [3.63, 3.8) is 0 Å². The molecule has 13 nitrogen and oxygen atoms in total. The molecule has 2 rings (SSSR count). The number of ether oxygens (including phenoxy) is 4. The van der Waals surface area contributed by atoms with Gasteiger partial charge in [0, 0.05) is 0 Å². The molecule has 0 unspecified atom stereocenters. The van der Waals surface area contributed by atoms with Gasteiger partial charge in [-0.2, -0.15) is 0 Å². The molecular weight excluding hydrogens is 340 g/mol. The molecule has 0 aromatic rings. The smallest absolute Gasteiger partial charge is 0.394 e. The van der Waals surface area contributed by atoms with Crippen molar-refractivity contribution in [3.05, 3.63) is 0 Å². The molecular formula is C11H18O13. The van der Waals surface area contributed by atoms with Crippen LogP contribution in [0.1, 0.15) is 0 Å². The van der Waals surface area contributed by atoms with E-state index in [2.05, 4.69) is 18.9 Å². The SMILES string of the molecule is O=C(O[C@@]1(O)O[C@H](CO)[C@@H](O)[C@H]1O)O[C@@]1(O)O[C@H](CO)[C@@H](O)[C@H]1O. The molecule has 0 aliphatic carbocycles. The van der Waals surface area contributed by atoms with E-state index < -0.39 is 67.9 Å². The van der Waals surface area contributed by atoms with Gasteiger partial charge in [0.2, 0.25) is 0 Å². The highest BCUT2D eigenvalue weighted by Gasteiger charge is 2.60. The van der Waals surface area contributed by atoms with E-state index in [-0.39, 0.29) is 0 Å². The van der Waals surface area contributed by atoms with Crippen LogP contribution in [-0.2, 0) is 18.9 Å². The number of rotatable bonds is 4. The van der Waals surface area contributed by atoms with Crippen molar-refractivity contribution in [2.45, 2.75) is 48.6 Å².